The molecule has 1 aliphatic heterocycles. The first-order chi connectivity index (χ1) is 13.5. The molecule has 0 atom stereocenters. The van der Waals surface area contributed by atoms with Crippen LogP contribution in [0, 0.1) is 5.82 Å². The summed E-state index contributed by atoms with van der Waals surface area (Å²) in [5.41, 5.74) is 3.08. The molecule has 0 bridgehead atoms. The monoisotopic (exact) mass is 404 g/mol. The third kappa shape index (κ3) is 6.60. The fourth-order valence-electron chi connectivity index (χ4n) is 3.57. The third-order valence-electron chi connectivity index (χ3n) is 5.14. The van der Waals surface area contributed by atoms with Gasteiger partial charge in [0, 0.05) is 25.3 Å². The van der Waals surface area contributed by atoms with Gasteiger partial charge in [0.15, 0.2) is 0 Å². The summed E-state index contributed by atoms with van der Waals surface area (Å²) in [6.45, 7) is 2.67. The lowest BCUT2D eigenvalue weighted by Crippen LogP contribution is -2.26. The molecule has 2 aromatic rings. The average Bonchev–Trinajstić information content (AvgIpc) is 2.97. The Morgan fingerprint density at radius 3 is 2.11 bits per heavy atom. The average molecular weight is 405 g/mol. The molecule has 3 rings (SSSR count). The highest BCUT2D eigenvalue weighted by atomic mass is 32.2. The van der Waals surface area contributed by atoms with E-state index >= 15 is 0 Å². The van der Waals surface area contributed by atoms with Gasteiger partial charge in [-0.2, -0.15) is 0 Å². The fourth-order valence-corrected chi connectivity index (χ4v) is 4.76. The van der Waals surface area contributed by atoms with Gasteiger partial charge in [-0.25, -0.2) is 17.5 Å². The van der Waals surface area contributed by atoms with Crippen molar-refractivity contribution in [2.45, 2.75) is 44.3 Å². The molecule has 0 aromatic heterocycles. The molecular formula is C22H29FN2O2S. The fraction of sp³-hybridized carbons (Fsp3) is 0.455. The number of anilines is 1. The normalized spacial score (nSPS) is 15.4. The van der Waals surface area contributed by atoms with Crippen molar-refractivity contribution in [3.05, 3.63) is 65.5 Å². The SMILES string of the molecule is O=S(=O)(Cc1ccc(F)cc1)NCCCc1ccc(N2CCCCCC2)cc1. The number of sulfonamides is 1. The number of aryl methyl sites for hydroxylation is 1. The van der Waals surface area contributed by atoms with E-state index in [-0.39, 0.29) is 11.6 Å². The van der Waals surface area contributed by atoms with E-state index < -0.39 is 10.0 Å². The first kappa shape index (κ1) is 20.8. The molecule has 0 radical (unpaired) electrons. The van der Waals surface area contributed by atoms with Crippen LogP contribution >= 0.6 is 0 Å². The smallest absolute Gasteiger partial charge is 0.215 e. The minimum Gasteiger partial charge on any atom is -0.372 e. The second-order valence-corrected chi connectivity index (χ2v) is 9.26. The van der Waals surface area contributed by atoms with Crippen LogP contribution in [0.2, 0.25) is 0 Å². The van der Waals surface area contributed by atoms with Gasteiger partial charge in [0.2, 0.25) is 10.0 Å². The van der Waals surface area contributed by atoms with Crippen LogP contribution in [0.15, 0.2) is 48.5 Å². The van der Waals surface area contributed by atoms with Crippen LogP contribution in [0.3, 0.4) is 0 Å². The van der Waals surface area contributed by atoms with Gasteiger partial charge in [-0.05, 0) is 61.1 Å². The Morgan fingerprint density at radius 2 is 1.46 bits per heavy atom. The summed E-state index contributed by atoms with van der Waals surface area (Å²) < 4.78 is 39.8. The number of rotatable bonds is 8. The van der Waals surface area contributed by atoms with Crippen molar-refractivity contribution < 1.29 is 12.8 Å². The summed E-state index contributed by atoms with van der Waals surface area (Å²) >= 11 is 0. The molecule has 1 saturated heterocycles. The predicted molar refractivity (Wildman–Crippen MR) is 112 cm³/mol. The minimum atomic E-state index is -3.41. The maximum absolute atomic E-state index is 12.9. The zero-order chi connectivity index (χ0) is 19.8. The first-order valence-corrected chi connectivity index (χ1v) is 11.7. The van der Waals surface area contributed by atoms with E-state index in [0.29, 0.717) is 12.1 Å². The van der Waals surface area contributed by atoms with Crippen LogP contribution in [-0.2, 0) is 22.2 Å². The van der Waals surface area contributed by atoms with E-state index in [2.05, 4.69) is 33.9 Å². The topological polar surface area (TPSA) is 49.4 Å². The Kier molecular flexibility index (Phi) is 7.45. The van der Waals surface area contributed by atoms with Crippen LogP contribution in [0.5, 0.6) is 0 Å². The largest absolute Gasteiger partial charge is 0.372 e. The van der Waals surface area contributed by atoms with E-state index in [0.717, 1.165) is 25.9 Å². The lowest BCUT2D eigenvalue weighted by atomic mass is 10.1. The quantitative estimate of drug-likeness (QED) is 0.669. The maximum Gasteiger partial charge on any atom is 0.215 e. The summed E-state index contributed by atoms with van der Waals surface area (Å²) in [5, 5.41) is 0. The van der Waals surface area contributed by atoms with Crippen molar-refractivity contribution in [3.8, 4) is 0 Å². The number of halogens is 1. The maximum atomic E-state index is 12.9. The number of hydrogen-bond acceptors (Lipinski definition) is 3. The van der Waals surface area contributed by atoms with Crippen LogP contribution in [0.4, 0.5) is 10.1 Å². The Balaban J connectivity index is 1.42. The van der Waals surface area contributed by atoms with E-state index in [1.165, 1.54) is 61.2 Å². The molecule has 6 heteroatoms. The number of nitrogens with one attached hydrogen (secondary N) is 1. The summed E-state index contributed by atoms with van der Waals surface area (Å²) in [4.78, 5) is 2.46. The molecular weight excluding hydrogens is 375 g/mol. The van der Waals surface area contributed by atoms with Gasteiger partial charge in [0.1, 0.15) is 5.82 Å². The summed E-state index contributed by atoms with van der Waals surface area (Å²) in [5.74, 6) is -0.492. The van der Waals surface area contributed by atoms with Crippen LogP contribution in [0.25, 0.3) is 0 Å². The molecule has 1 N–H and O–H groups in total. The highest BCUT2D eigenvalue weighted by molar-refractivity contribution is 7.88. The standard InChI is InChI=1S/C22H29FN2O2S/c23-21-11-7-20(8-12-21)18-28(26,27)24-15-5-6-19-9-13-22(14-10-19)25-16-3-1-2-4-17-25/h7-14,24H,1-6,15-18H2. The van der Waals surface area contributed by atoms with E-state index in [9.17, 15) is 12.8 Å². The van der Waals surface area contributed by atoms with Crippen molar-refractivity contribution in [3.63, 3.8) is 0 Å². The second-order valence-electron chi connectivity index (χ2n) is 7.45. The molecule has 0 saturated carbocycles. The third-order valence-corrected chi connectivity index (χ3v) is 6.50. The minimum absolute atomic E-state index is 0.127. The Morgan fingerprint density at radius 1 is 0.857 bits per heavy atom. The van der Waals surface area contributed by atoms with Gasteiger partial charge in [-0.3, -0.25) is 0 Å². The van der Waals surface area contributed by atoms with Gasteiger partial charge in [-0.1, -0.05) is 37.1 Å². The summed E-state index contributed by atoms with van der Waals surface area (Å²) in [6, 6.07) is 14.2. The molecule has 1 aliphatic rings. The van der Waals surface area contributed by atoms with Crippen molar-refractivity contribution in [1.82, 2.24) is 4.72 Å². The number of nitrogens with zero attached hydrogens (tertiary/aromatic N) is 1. The summed E-state index contributed by atoms with van der Waals surface area (Å²) in [6.07, 6.45) is 6.75. The Hall–Kier alpha value is -1.92. The van der Waals surface area contributed by atoms with Gasteiger partial charge < -0.3 is 4.90 Å². The Labute approximate surface area is 167 Å². The highest BCUT2D eigenvalue weighted by Crippen LogP contribution is 2.20. The highest BCUT2D eigenvalue weighted by Gasteiger charge is 2.12. The summed E-state index contributed by atoms with van der Waals surface area (Å²) in [7, 11) is -3.41. The second kappa shape index (κ2) is 10.0. The van der Waals surface area contributed by atoms with E-state index in [1.807, 2.05) is 0 Å². The molecule has 0 unspecified atom stereocenters. The molecule has 2 aromatic carbocycles. The molecule has 0 spiro atoms. The lowest BCUT2D eigenvalue weighted by Gasteiger charge is -2.22. The van der Waals surface area contributed by atoms with E-state index in [1.54, 1.807) is 0 Å². The molecule has 0 aliphatic carbocycles. The van der Waals surface area contributed by atoms with Crippen LogP contribution in [-0.4, -0.2) is 28.1 Å². The Bertz CT molecular complexity index is 828. The molecule has 4 nitrogen and oxygen atoms in total. The van der Waals surface area contributed by atoms with Gasteiger partial charge in [-0.15, -0.1) is 0 Å². The first-order valence-electron chi connectivity index (χ1n) is 10.1. The van der Waals surface area contributed by atoms with Gasteiger partial charge >= 0.3 is 0 Å². The zero-order valence-corrected chi connectivity index (χ0v) is 17.1. The molecule has 0 amide bonds. The van der Waals surface area contributed by atoms with Crippen LogP contribution in [0.1, 0.15) is 43.2 Å². The molecule has 1 fully saturated rings. The number of hydrogen-bond donors (Lipinski definition) is 1. The van der Waals surface area contributed by atoms with Crippen molar-refractivity contribution >= 4 is 15.7 Å². The van der Waals surface area contributed by atoms with Crippen LogP contribution < -0.4 is 9.62 Å². The van der Waals surface area contributed by atoms with Gasteiger partial charge in [0.05, 0.1) is 5.75 Å². The van der Waals surface area contributed by atoms with Gasteiger partial charge in [0.25, 0.3) is 0 Å². The molecule has 28 heavy (non-hydrogen) atoms. The molecule has 152 valence electrons. The predicted octanol–water partition coefficient (Wildman–Crippen LogP) is 4.26. The van der Waals surface area contributed by atoms with E-state index in [4.69, 9.17) is 0 Å². The number of benzene rings is 2. The molecule has 1 heterocycles. The van der Waals surface area contributed by atoms with Crippen molar-refractivity contribution in [2.75, 3.05) is 24.5 Å². The zero-order valence-electron chi connectivity index (χ0n) is 16.2. The lowest BCUT2D eigenvalue weighted by molar-refractivity contribution is 0.578. The van der Waals surface area contributed by atoms with Crippen molar-refractivity contribution in [2.24, 2.45) is 0 Å². The van der Waals surface area contributed by atoms with Crippen molar-refractivity contribution in [1.29, 1.82) is 0 Å².